The van der Waals surface area contributed by atoms with E-state index in [1.807, 2.05) is 0 Å². The van der Waals surface area contributed by atoms with Crippen molar-refractivity contribution in [2.24, 2.45) is 0 Å². The van der Waals surface area contributed by atoms with E-state index in [1.165, 1.54) is 0 Å². The van der Waals surface area contributed by atoms with Crippen LogP contribution in [0.3, 0.4) is 0 Å². The predicted molar refractivity (Wildman–Crippen MR) is 47.6 cm³/mol. The molecule has 78 valence electrons. The quantitative estimate of drug-likeness (QED) is 0.374. The van der Waals surface area contributed by atoms with Crippen molar-refractivity contribution in [1.82, 2.24) is 0 Å². The number of rotatable bonds is 3. The third kappa shape index (κ3) is 1.41. The summed E-state index contributed by atoms with van der Waals surface area (Å²) in [7, 11) is 0. The molecule has 0 aliphatic carbocycles. The fraction of sp³-hybridized carbons (Fsp3) is 0. The number of hydrogen-bond acceptors (Lipinski definition) is 6. The molecular formula is C9H6O6. The van der Waals surface area contributed by atoms with Crippen LogP contribution in [0.5, 0.6) is 17.2 Å². The SMILES string of the molecule is O=Cc1c(O)c(O)c(C=O)c(C=O)c1O. The van der Waals surface area contributed by atoms with Gasteiger partial charge in [-0.3, -0.25) is 14.4 Å². The largest absolute Gasteiger partial charge is 0.506 e. The fourth-order valence-electron chi connectivity index (χ4n) is 1.12. The highest BCUT2D eigenvalue weighted by Gasteiger charge is 2.22. The van der Waals surface area contributed by atoms with Crippen molar-refractivity contribution in [1.29, 1.82) is 0 Å². The predicted octanol–water partition coefficient (Wildman–Crippen LogP) is 0.241. The van der Waals surface area contributed by atoms with Crippen LogP contribution in [0.1, 0.15) is 31.1 Å². The molecule has 0 radical (unpaired) electrons. The van der Waals surface area contributed by atoms with Gasteiger partial charge >= 0.3 is 0 Å². The summed E-state index contributed by atoms with van der Waals surface area (Å²) in [4.78, 5) is 31.4. The molecule has 0 saturated carbocycles. The monoisotopic (exact) mass is 210 g/mol. The van der Waals surface area contributed by atoms with Gasteiger partial charge in [-0.05, 0) is 0 Å². The van der Waals surface area contributed by atoms with Crippen molar-refractivity contribution in [3.8, 4) is 17.2 Å². The summed E-state index contributed by atoms with van der Waals surface area (Å²) in [5.41, 5.74) is -1.74. The van der Waals surface area contributed by atoms with Crippen molar-refractivity contribution in [2.45, 2.75) is 0 Å². The molecule has 15 heavy (non-hydrogen) atoms. The van der Waals surface area contributed by atoms with Gasteiger partial charge in [-0.1, -0.05) is 0 Å². The zero-order chi connectivity index (χ0) is 11.6. The molecule has 0 saturated heterocycles. The zero-order valence-corrected chi connectivity index (χ0v) is 7.30. The van der Waals surface area contributed by atoms with Crippen LogP contribution in [-0.2, 0) is 0 Å². The summed E-state index contributed by atoms with van der Waals surface area (Å²) in [5, 5.41) is 27.7. The first-order valence-corrected chi connectivity index (χ1v) is 3.74. The van der Waals surface area contributed by atoms with Gasteiger partial charge in [0.1, 0.15) is 11.3 Å². The molecular weight excluding hydrogens is 204 g/mol. The van der Waals surface area contributed by atoms with Gasteiger partial charge in [0.15, 0.2) is 30.4 Å². The summed E-state index contributed by atoms with van der Waals surface area (Å²) in [6.07, 6.45) is 0.254. The molecule has 1 aromatic rings. The molecule has 0 fully saturated rings. The maximum Gasteiger partial charge on any atom is 0.172 e. The van der Waals surface area contributed by atoms with E-state index in [9.17, 15) is 29.7 Å². The Morgan fingerprint density at radius 2 is 0.933 bits per heavy atom. The highest BCUT2D eigenvalue weighted by molar-refractivity contribution is 6.01. The summed E-state index contributed by atoms with van der Waals surface area (Å²) in [6, 6.07) is 0. The fourth-order valence-corrected chi connectivity index (χ4v) is 1.12. The molecule has 1 aromatic carbocycles. The van der Waals surface area contributed by atoms with E-state index in [1.54, 1.807) is 0 Å². The molecule has 3 N–H and O–H groups in total. The van der Waals surface area contributed by atoms with Gasteiger partial charge in [-0.2, -0.15) is 0 Å². The maximum absolute atomic E-state index is 10.5. The van der Waals surface area contributed by atoms with E-state index < -0.39 is 33.9 Å². The molecule has 0 atom stereocenters. The Morgan fingerprint density at radius 3 is 1.33 bits per heavy atom. The van der Waals surface area contributed by atoms with E-state index in [0.717, 1.165) is 0 Å². The maximum atomic E-state index is 10.5. The van der Waals surface area contributed by atoms with Crippen LogP contribution < -0.4 is 0 Å². The Morgan fingerprint density at radius 1 is 0.600 bits per heavy atom. The van der Waals surface area contributed by atoms with E-state index in [0.29, 0.717) is 0 Å². The van der Waals surface area contributed by atoms with Gasteiger partial charge in [-0.25, -0.2) is 0 Å². The van der Waals surface area contributed by atoms with E-state index in [2.05, 4.69) is 0 Å². The first-order valence-electron chi connectivity index (χ1n) is 3.74. The minimum absolute atomic E-state index is 0.0615. The number of benzene rings is 1. The van der Waals surface area contributed by atoms with E-state index in [-0.39, 0.29) is 18.9 Å². The van der Waals surface area contributed by atoms with Crippen LogP contribution in [0.15, 0.2) is 0 Å². The molecule has 0 bridgehead atoms. The Balaban J connectivity index is 3.80. The summed E-state index contributed by atoms with van der Waals surface area (Å²) in [6.45, 7) is 0. The van der Waals surface area contributed by atoms with Crippen LogP contribution in [0.25, 0.3) is 0 Å². The third-order valence-corrected chi connectivity index (χ3v) is 1.89. The van der Waals surface area contributed by atoms with Crippen molar-refractivity contribution in [3.63, 3.8) is 0 Å². The summed E-state index contributed by atoms with van der Waals surface area (Å²) in [5.74, 6) is -2.68. The lowest BCUT2D eigenvalue weighted by Gasteiger charge is -2.08. The van der Waals surface area contributed by atoms with Crippen LogP contribution in [0.4, 0.5) is 0 Å². The second-order valence-electron chi connectivity index (χ2n) is 2.64. The Kier molecular flexibility index (Phi) is 2.70. The number of aromatic hydroxyl groups is 3. The number of hydrogen-bond donors (Lipinski definition) is 3. The van der Waals surface area contributed by atoms with Gasteiger partial charge < -0.3 is 15.3 Å². The number of phenolic OH excluding ortho intramolecular Hbond substituents is 3. The van der Waals surface area contributed by atoms with E-state index >= 15 is 0 Å². The average molecular weight is 210 g/mol. The van der Waals surface area contributed by atoms with Crippen molar-refractivity contribution in [3.05, 3.63) is 16.7 Å². The van der Waals surface area contributed by atoms with E-state index in [4.69, 9.17) is 0 Å². The van der Waals surface area contributed by atoms with Gasteiger partial charge in [-0.15, -0.1) is 0 Å². The summed E-state index contributed by atoms with van der Waals surface area (Å²) >= 11 is 0. The molecule has 6 nitrogen and oxygen atoms in total. The molecule has 0 spiro atoms. The van der Waals surface area contributed by atoms with Gasteiger partial charge in [0.05, 0.1) is 11.1 Å². The van der Waals surface area contributed by atoms with Crippen LogP contribution in [-0.4, -0.2) is 34.2 Å². The van der Waals surface area contributed by atoms with Gasteiger partial charge in [0.2, 0.25) is 0 Å². The molecule has 1 rings (SSSR count). The van der Waals surface area contributed by atoms with Crippen LogP contribution >= 0.6 is 0 Å². The molecule has 0 heterocycles. The minimum Gasteiger partial charge on any atom is -0.506 e. The Hall–Kier alpha value is -2.37. The molecule has 0 unspecified atom stereocenters. The number of carbonyl (C=O) groups is 3. The smallest absolute Gasteiger partial charge is 0.172 e. The summed E-state index contributed by atoms with van der Waals surface area (Å²) < 4.78 is 0. The Labute approximate surface area is 83.4 Å². The van der Waals surface area contributed by atoms with Crippen LogP contribution in [0, 0.1) is 0 Å². The van der Waals surface area contributed by atoms with Crippen molar-refractivity contribution < 1.29 is 29.7 Å². The minimum atomic E-state index is -0.935. The normalized spacial score (nSPS) is 9.60. The third-order valence-electron chi connectivity index (χ3n) is 1.89. The number of aldehydes is 3. The van der Waals surface area contributed by atoms with Crippen molar-refractivity contribution >= 4 is 18.9 Å². The lowest BCUT2D eigenvalue weighted by atomic mass is 10.0. The van der Waals surface area contributed by atoms with Gasteiger partial charge in [0.25, 0.3) is 0 Å². The first-order chi connectivity index (χ1) is 7.08. The number of carbonyl (C=O) groups excluding carboxylic acids is 3. The van der Waals surface area contributed by atoms with Crippen LogP contribution in [0.2, 0.25) is 0 Å². The highest BCUT2D eigenvalue weighted by atomic mass is 16.3. The lowest BCUT2D eigenvalue weighted by Crippen LogP contribution is -1.97. The highest BCUT2D eigenvalue weighted by Crippen LogP contribution is 2.39. The molecule has 0 aromatic heterocycles. The second kappa shape index (κ2) is 3.79. The molecule has 0 amide bonds. The second-order valence-corrected chi connectivity index (χ2v) is 2.64. The zero-order valence-electron chi connectivity index (χ0n) is 7.30. The standard InChI is InChI=1S/C9H6O6/c10-1-4-5(2-11)8(14)9(15)6(3-12)7(4)13/h1-3,13-15H. The average Bonchev–Trinajstić information content (AvgIpc) is 2.23. The Bertz CT molecular complexity index is 449. The lowest BCUT2D eigenvalue weighted by molar-refractivity contribution is 0.108. The first kappa shape index (κ1) is 10.7. The molecule has 0 aliphatic rings. The van der Waals surface area contributed by atoms with Gasteiger partial charge in [0, 0.05) is 0 Å². The topological polar surface area (TPSA) is 112 Å². The molecule has 0 aliphatic heterocycles. The van der Waals surface area contributed by atoms with Crippen molar-refractivity contribution in [2.75, 3.05) is 0 Å². The molecule has 6 heteroatoms. The number of phenols is 3.